The third kappa shape index (κ3) is 5.11. The summed E-state index contributed by atoms with van der Waals surface area (Å²) in [6.07, 6.45) is -4.62. The summed E-state index contributed by atoms with van der Waals surface area (Å²) in [6, 6.07) is 15.7. The molecule has 0 aliphatic rings. The predicted molar refractivity (Wildman–Crippen MR) is 107 cm³/mol. The highest BCUT2D eigenvalue weighted by Gasteiger charge is 2.31. The van der Waals surface area contributed by atoms with E-state index < -0.39 is 44.3 Å². The van der Waals surface area contributed by atoms with E-state index in [0.717, 1.165) is 18.2 Å². The van der Waals surface area contributed by atoms with Gasteiger partial charge in [0.25, 0.3) is 10.0 Å². The molecule has 0 aromatic heterocycles. The van der Waals surface area contributed by atoms with Gasteiger partial charge in [-0.15, -0.1) is 0 Å². The molecule has 0 fully saturated rings. The number of benzene rings is 3. The molecule has 3 aromatic carbocycles. The summed E-state index contributed by atoms with van der Waals surface area (Å²) in [5.41, 5.74) is 0.209. The van der Waals surface area contributed by atoms with Crippen LogP contribution in [0.3, 0.4) is 0 Å². The standard InChI is InChI=1S/C22H17F4NO3S/c1-14(16-7-12-19(20(23)13-16)15-5-3-2-4-6-15)21(28)27-31(29,30)18-10-8-17(9-11-18)22(24,25)26/h2-14H,1H3,(H,27,28)/t14-/m1/s1. The number of hydrogen-bond acceptors (Lipinski definition) is 3. The van der Waals surface area contributed by atoms with Crippen LogP contribution >= 0.6 is 0 Å². The highest BCUT2D eigenvalue weighted by atomic mass is 32.2. The van der Waals surface area contributed by atoms with Crippen LogP contribution in [0.1, 0.15) is 24.0 Å². The van der Waals surface area contributed by atoms with Gasteiger partial charge in [-0.3, -0.25) is 4.79 Å². The van der Waals surface area contributed by atoms with Crippen molar-refractivity contribution in [1.82, 2.24) is 4.72 Å². The van der Waals surface area contributed by atoms with Gasteiger partial charge in [0, 0.05) is 5.56 Å². The van der Waals surface area contributed by atoms with Gasteiger partial charge in [-0.1, -0.05) is 42.5 Å². The van der Waals surface area contributed by atoms with Crippen molar-refractivity contribution in [2.75, 3.05) is 0 Å². The molecule has 162 valence electrons. The van der Waals surface area contributed by atoms with Crippen LogP contribution in [0.4, 0.5) is 17.6 Å². The van der Waals surface area contributed by atoms with Crippen molar-refractivity contribution in [2.24, 2.45) is 0 Å². The van der Waals surface area contributed by atoms with Gasteiger partial charge in [-0.05, 0) is 48.4 Å². The molecule has 0 spiro atoms. The molecule has 1 atom stereocenters. The van der Waals surface area contributed by atoms with Crippen molar-refractivity contribution >= 4 is 15.9 Å². The lowest BCUT2D eigenvalue weighted by atomic mass is 9.96. The van der Waals surface area contributed by atoms with Crippen LogP contribution in [0.5, 0.6) is 0 Å². The molecule has 1 N–H and O–H groups in total. The van der Waals surface area contributed by atoms with E-state index in [1.54, 1.807) is 30.3 Å². The Morgan fingerprint density at radius 3 is 2.10 bits per heavy atom. The first kappa shape index (κ1) is 22.5. The minimum atomic E-state index is -4.62. The molecule has 0 unspecified atom stereocenters. The van der Waals surface area contributed by atoms with Crippen molar-refractivity contribution < 1.29 is 30.8 Å². The summed E-state index contributed by atoms with van der Waals surface area (Å²) in [6.45, 7) is 1.40. The highest BCUT2D eigenvalue weighted by molar-refractivity contribution is 7.90. The van der Waals surface area contributed by atoms with Crippen LogP contribution in [-0.2, 0) is 21.0 Å². The quantitative estimate of drug-likeness (QED) is 0.548. The van der Waals surface area contributed by atoms with Crippen molar-refractivity contribution in [3.05, 3.63) is 89.7 Å². The molecule has 0 aliphatic carbocycles. The lowest BCUT2D eigenvalue weighted by Crippen LogP contribution is -2.33. The van der Waals surface area contributed by atoms with Gasteiger partial charge in [0.1, 0.15) is 5.82 Å². The molecule has 0 radical (unpaired) electrons. The zero-order chi connectivity index (χ0) is 22.8. The second-order valence-electron chi connectivity index (χ2n) is 6.82. The van der Waals surface area contributed by atoms with Gasteiger partial charge >= 0.3 is 6.18 Å². The first-order chi connectivity index (χ1) is 14.5. The van der Waals surface area contributed by atoms with Crippen LogP contribution in [0.15, 0.2) is 77.7 Å². The van der Waals surface area contributed by atoms with E-state index in [1.807, 2.05) is 4.72 Å². The Kier molecular flexibility index (Phi) is 6.17. The highest BCUT2D eigenvalue weighted by Crippen LogP contribution is 2.30. The fourth-order valence-electron chi connectivity index (χ4n) is 2.91. The molecule has 0 saturated heterocycles. The molecule has 0 bridgehead atoms. The maximum absolute atomic E-state index is 14.6. The molecular weight excluding hydrogens is 434 g/mol. The largest absolute Gasteiger partial charge is 0.416 e. The second-order valence-corrected chi connectivity index (χ2v) is 8.50. The van der Waals surface area contributed by atoms with E-state index in [4.69, 9.17) is 0 Å². The Morgan fingerprint density at radius 2 is 1.55 bits per heavy atom. The smallest absolute Gasteiger partial charge is 0.273 e. The summed E-state index contributed by atoms with van der Waals surface area (Å²) in [4.78, 5) is 11.9. The van der Waals surface area contributed by atoms with Crippen molar-refractivity contribution in [1.29, 1.82) is 0 Å². The molecule has 4 nitrogen and oxygen atoms in total. The number of carbonyl (C=O) groups excluding carboxylic acids is 1. The average Bonchev–Trinajstić information content (AvgIpc) is 2.73. The normalized spacial score (nSPS) is 12.9. The fourth-order valence-corrected chi connectivity index (χ4v) is 3.96. The number of nitrogens with one attached hydrogen (secondary N) is 1. The summed E-state index contributed by atoms with van der Waals surface area (Å²) in [7, 11) is -4.40. The molecule has 31 heavy (non-hydrogen) atoms. The molecule has 3 rings (SSSR count). The predicted octanol–water partition coefficient (Wildman–Crippen LogP) is 5.12. The summed E-state index contributed by atoms with van der Waals surface area (Å²) >= 11 is 0. The van der Waals surface area contributed by atoms with Gasteiger partial charge in [0.15, 0.2) is 0 Å². The topological polar surface area (TPSA) is 63.2 Å². The summed E-state index contributed by atoms with van der Waals surface area (Å²) in [5.74, 6) is -2.54. The van der Waals surface area contributed by atoms with Gasteiger partial charge in [-0.2, -0.15) is 13.2 Å². The number of carbonyl (C=O) groups is 1. The van der Waals surface area contributed by atoms with E-state index in [2.05, 4.69) is 0 Å². The van der Waals surface area contributed by atoms with E-state index in [9.17, 15) is 30.8 Å². The number of rotatable bonds is 5. The minimum Gasteiger partial charge on any atom is -0.273 e. The molecule has 0 saturated carbocycles. The fraction of sp³-hybridized carbons (Fsp3) is 0.136. The van der Waals surface area contributed by atoms with Crippen LogP contribution in [0, 0.1) is 5.82 Å². The molecule has 9 heteroatoms. The maximum Gasteiger partial charge on any atom is 0.416 e. The van der Waals surface area contributed by atoms with Crippen LogP contribution < -0.4 is 4.72 Å². The molecule has 1 amide bonds. The maximum atomic E-state index is 14.6. The number of amides is 1. The third-order valence-electron chi connectivity index (χ3n) is 4.70. The van der Waals surface area contributed by atoms with E-state index in [0.29, 0.717) is 23.3 Å². The summed E-state index contributed by atoms with van der Waals surface area (Å²) < 4.78 is 79.0. The number of alkyl halides is 3. The van der Waals surface area contributed by atoms with Crippen molar-refractivity contribution in [3.8, 4) is 11.1 Å². The molecule has 0 heterocycles. The van der Waals surface area contributed by atoms with Gasteiger partial charge < -0.3 is 0 Å². The monoisotopic (exact) mass is 451 g/mol. The summed E-state index contributed by atoms with van der Waals surface area (Å²) in [5, 5.41) is 0. The Hall–Kier alpha value is -3.20. The Bertz CT molecular complexity index is 1190. The molecule has 0 aliphatic heterocycles. The lowest BCUT2D eigenvalue weighted by molar-refractivity contribution is -0.137. The average molecular weight is 451 g/mol. The van der Waals surface area contributed by atoms with E-state index in [-0.39, 0.29) is 5.56 Å². The van der Waals surface area contributed by atoms with Crippen molar-refractivity contribution in [3.63, 3.8) is 0 Å². The molecular formula is C22H17F4NO3S. The number of halogens is 4. The first-order valence-electron chi connectivity index (χ1n) is 9.08. The number of hydrogen-bond donors (Lipinski definition) is 1. The van der Waals surface area contributed by atoms with E-state index in [1.165, 1.54) is 19.1 Å². The van der Waals surface area contributed by atoms with Crippen molar-refractivity contribution in [2.45, 2.75) is 23.9 Å². The Labute approximate surface area is 176 Å². The third-order valence-corrected chi connectivity index (χ3v) is 6.06. The Morgan fingerprint density at radius 1 is 0.935 bits per heavy atom. The van der Waals surface area contributed by atoms with Gasteiger partial charge in [-0.25, -0.2) is 17.5 Å². The molecule has 3 aromatic rings. The zero-order valence-electron chi connectivity index (χ0n) is 16.2. The minimum absolute atomic E-state index is 0.248. The second kappa shape index (κ2) is 8.50. The van der Waals surface area contributed by atoms with E-state index >= 15 is 0 Å². The van der Waals surface area contributed by atoms with Gasteiger partial charge in [0.2, 0.25) is 5.91 Å². The van der Waals surface area contributed by atoms with Crippen LogP contribution in [0.25, 0.3) is 11.1 Å². The first-order valence-corrected chi connectivity index (χ1v) is 10.6. The number of sulfonamides is 1. The van der Waals surface area contributed by atoms with Crippen LogP contribution in [0.2, 0.25) is 0 Å². The van der Waals surface area contributed by atoms with Gasteiger partial charge in [0.05, 0.1) is 16.4 Å². The Balaban J connectivity index is 1.77. The van der Waals surface area contributed by atoms with Crippen LogP contribution in [-0.4, -0.2) is 14.3 Å². The zero-order valence-corrected chi connectivity index (χ0v) is 17.0. The SMILES string of the molecule is C[C@@H](C(=O)NS(=O)(=O)c1ccc(C(F)(F)F)cc1)c1ccc(-c2ccccc2)c(F)c1. The lowest BCUT2D eigenvalue weighted by Gasteiger charge is -2.15.